The Bertz CT molecular complexity index is 264. The normalized spacial score (nSPS) is 19.5. The van der Waals surface area contributed by atoms with Gasteiger partial charge in [0.2, 0.25) is 0 Å². The molecule has 1 atom stereocenters. The highest BCUT2D eigenvalue weighted by Gasteiger charge is 2.27. The molecule has 1 aliphatic carbocycles. The molecule has 1 heterocycles. The second-order valence-corrected chi connectivity index (χ2v) is 3.46. The van der Waals surface area contributed by atoms with Gasteiger partial charge in [0.25, 0.3) is 0 Å². The second-order valence-electron chi connectivity index (χ2n) is 3.46. The van der Waals surface area contributed by atoms with E-state index in [0.717, 1.165) is 5.82 Å². The summed E-state index contributed by atoms with van der Waals surface area (Å²) in [5.41, 5.74) is 5.57. The van der Waals surface area contributed by atoms with E-state index >= 15 is 0 Å². The van der Waals surface area contributed by atoms with Gasteiger partial charge in [0.15, 0.2) is 0 Å². The lowest BCUT2D eigenvalue weighted by Gasteiger charge is -2.09. The fourth-order valence-electron chi connectivity index (χ4n) is 1.34. The fourth-order valence-corrected chi connectivity index (χ4v) is 1.34. The van der Waals surface area contributed by atoms with Crippen LogP contribution in [0.3, 0.4) is 0 Å². The van der Waals surface area contributed by atoms with Crippen molar-refractivity contribution < 1.29 is 0 Å². The van der Waals surface area contributed by atoms with E-state index in [2.05, 4.69) is 21.7 Å². The molecule has 0 radical (unpaired) electrons. The zero-order valence-corrected chi connectivity index (χ0v) is 7.27. The number of rotatable bonds is 3. The smallest absolute Gasteiger partial charge is 0.137 e. The third-order valence-corrected chi connectivity index (χ3v) is 2.34. The van der Waals surface area contributed by atoms with Crippen molar-refractivity contribution in [2.24, 2.45) is 5.73 Å². The van der Waals surface area contributed by atoms with Crippen molar-refractivity contribution in [3.63, 3.8) is 0 Å². The van der Waals surface area contributed by atoms with Crippen molar-refractivity contribution in [1.82, 2.24) is 14.8 Å². The highest BCUT2D eigenvalue weighted by molar-refractivity contribution is 5.00. The largest absolute Gasteiger partial charge is 0.330 e. The van der Waals surface area contributed by atoms with Gasteiger partial charge in [-0.1, -0.05) is 6.92 Å². The van der Waals surface area contributed by atoms with Gasteiger partial charge in [-0.05, 0) is 12.8 Å². The lowest BCUT2D eigenvalue weighted by Crippen LogP contribution is -2.14. The zero-order chi connectivity index (χ0) is 8.55. The van der Waals surface area contributed by atoms with Crippen LogP contribution in [0.1, 0.15) is 37.5 Å². The Morgan fingerprint density at radius 3 is 3.08 bits per heavy atom. The molecule has 0 saturated heterocycles. The molecule has 12 heavy (non-hydrogen) atoms. The van der Waals surface area contributed by atoms with Gasteiger partial charge in [0, 0.05) is 18.5 Å². The third-order valence-electron chi connectivity index (χ3n) is 2.34. The first-order valence-electron chi connectivity index (χ1n) is 4.42. The first-order valence-corrected chi connectivity index (χ1v) is 4.42. The van der Waals surface area contributed by atoms with Gasteiger partial charge in [-0.3, -0.25) is 0 Å². The topological polar surface area (TPSA) is 56.7 Å². The molecular weight excluding hydrogens is 152 g/mol. The molecule has 1 fully saturated rings. The summed E-state index contributed by atoms with van der Waals surface area (Å²) < 4.78 is 2.16. The molecule has 1 saturated carbocycles. The Balaban J connectivity index is 2.23. The first-order chi connectivity index (χ1) is 5.83. The van der Waals surface area contributed by atoms with Crippen molar-refractivity contribution in [2.75, 3.05) is 6.54 Å². The van der Waals surface area contributed by atoms with E-state index in [1.165, 1.54) is 12.8 Å². The Labute approximate surface area is 71.8 Å². The van der Waals surface area contributed by atoms with E-state index in [9.17, 15) is 0 Å². The van der Waals surface area contributed by atoms with Gasteiger partial charge in [0.1, 0.15) is 12.2 Å². The molecule has 0 bridgehead atoms. The van der Waals surface area contributed by atoms with Crippen LogP contribution >= 0.6 is 0 Å². The van der Waals surface area contributed by atoms with Crippen molar-refractivity contribution in [2.45, 2.75) is 31.7 Å². The van der Waals surface area contributed by atoms with Crippen LogP contribution in [-0.4, -0.2) is 21.3 Å². The lowest BCUT2D eigenvalue weighted by molar-refractivity contribution is 0.616. The monoisotopic (exact) mass is 166 g/mol. The molecule has 1 unspecified atom stereocenters. The molecule has 66 valence electrons. The molecule has 0 aromatic carbocycles. The van der Waals surface area contributed by atoms with Crippen molar-refractivity contribution in [3.8, 4) is 0 Å². The van der Waals surface area contributed by atoms with E-state index in [0.29, 0.717) is 18.5 Å². The van der Waals surface area contributed by atoms with Crippen LogP contribution < -0.4 is 5.73 Å². The molecule has 0 amide bonds. The van der Waals surface area contributed by atoms with Gasteiger partial charge >= 0.3 is 0 Å². The Morgan fingerprint density at radius 2 is 2.50 bits per heavy atom. The van der Waals surface area contributed by atoms with Crippen LogP contribution in [0.2, 0.25) is 0 Å². The molecular formula is C8H14N4. The number of nitrogens with zero attached hydrogens (tertiary/aromatic N) is 3. The van der Waals surface area contributed by atoms with Gasteiger partial charge in [-0.15, -0.1) is 10.2 Å². The SMILES string of the molecule is CC(CN)c1nncn1C1CC1. The Kier molecular flexibility index (Phi) is 1.84. The highest BCUT2D eigenvalue weighted by Crippen LogP contribution is 2.36. The van der Waals surface area contributed by atoms with Crippen LogP contribution in [0.4, 0.5) is 0 Å². The quantitative estimate of drug-likeness (QED) is 0.718. The van der Waals surface area contributed by atoms with Gasteiger partial charge in [0.05, 0.1) is 0 Å². The van der Waals surface area contributed by atoms with Crippen LogP contribution in [0.15, 0.2) is 6.33 Å². The number of hydrogen-bond donors (Lipinski definition) is 1. The molecule has 4 nitrogen and oxygen atoms in total. The summed E-state index contributed by atoms with van der Waals surface area (Å²) in [6.45, 7) is 2.73. The van der Waals surface area contributed by atoms with Gasteiger partial charge < -0.3 is 10.3 Å². The highest BCUT2D eigenvalue weighted by atomic mass is 15.3. The summed E-state index contributed by atoms with van der Waals surface area (Å²) in [6, 6.07) is 0.656. The van der Waals surface area contributed by atoms with Crippen molar-refractivity contribution in [3.05, 3.63) is 12.2 Å². The Morgan fingerprint density at radius 1 is 1.75 bits per heavy atom. The van der Waals surface area contributed by atoms with Crippen LogP contribution in [0.25, 0.3) is 0 Å². The predicted octanol–water partition coefficient (Wildman–Crippen LogP) is 0.675. The second kappa shape index (κ2) is 2.86. The van der Waals surface area contributed by atoms with Gasteiger partial charge in [-0.2, -0.15) is 0 Å². The average Bonchev–Trinajstić information content (AvgIpc) is 2.83. The molecule has 2 rings (SSSR count). The molecule has 1 aliphatic rings. The summed E-state index contributed by atoms with van der Waals surface area (Å²) in [5.74, 6) is 1.37. The summed E-state index contributed by atoms with van der Waals surface area (Å²) >= 11 is 0. The van der Waals surface area contributed by atoms with E-state index in [1.807, 2.05) is 6.33 Å². The van der Waals surface area contributed by atoms with Crippen LogP contribution in [0.5, 0.6) is 0 Å². The van der Waals surface area contributed by atoms with Crippen molar-refractivity contribution in [1.29, 1.82) is 0 Å². The number of hydrogen-bond acceptors (Lipinski definition) is 3. The molecule has 4 heteroatoms. The standard InChI is InChI=1S/C8H14N4/c1-6(4-9)8-11-10-5-12(8)7-2-3-7/h5-7H,2-4,9H2,1H3. The maximum Gasteiger partial charge on any atom is 0.137 e. The molecule has 0 spiro atoms. The minimum Gasteiger partial charge on any atom is -0.330 e. The average molecular weight is 166 g/mol. The minimum absolute atomic E-state index is 0.327. The zero-order valence-electron chi connectivity index (χ0n) is 7.27. The maximum atomic E-state index is 5.57. The summed E-state index contributed by atoms with van der Waals surface area (Å²) in [5, 5.41) is 7.99. The van der Waals surface area contributed by atoms with Gasteiger partial charge in [-0.25, -0.2) is 0 Å². The minimum atomic E-state index is 0.327. The third kappa shape index (κ3) is 1.22. The molecule has 2 N–H and O–H groups in total. The summed E-state index contributed by atoms with van der Waals surface area (Å²) in [7, 11) is 0. The number of aromatic nitrogens is 3. The van der Waals surface area contributed by atoms with Crippen molar-refractivity contribution >= 4 is 0 Å². The van der Waals surface area contributed by atoms with E-state index in [-0.39, 0.29) is 0 Å². The van der Waals surface area contributed by atoms with E-state index in [4.69, 9.17) is 5.73 Å². The van der Waals surface area contributed by atoms with Crippen LogP contribution in [-0.2, 0) is 0 Å². The lowest BCUT2D eigenvalue weighted by atomic mass is 10.2. The predicted molar refractivity (Wildman–Crippen MR) is 45.8 cm³/mol. The van der Waals surface area contributed by atoms with E-state index in [1.54, 1.807) is 0 Å². The fraction of sp³-hybridized carbons (Fsp3) is 0.750. The molecule has 1 aromatic rings. The first kappa shape index (κ1) is 7.73. The summed E-state index contributed by atoms with van der Waals surface area (Å²) in [4.78, 5) is 0. The maximum absolute atomic E-state index is 5.57. The van der Waals surface area contributed by atoms with E-state index < -0.39 is 0 Å². The number of nitrogens with two attached hydrogens (primary N) is 1. The Hall–Kier alpha value is -0.900. The summed E-state index contributed by atoms with van der Waals surface area (Å²) in [6.07, 6.45) is 4.35. The van der Waals surface area contributed by atoms with Crippen LogP contribution in [0, 0.1) is 0 Å². The molecule has 1 aromatic heterocycles. The molecule has 0 aliphatic heterocycles.